The number of nitrogens with zero attached hydrogens (tertiary/aromatic N) is 1. The Morgan fingerprint density at radius 2 is 1.96 bits per heavy atom. The maximum Gasteiger partial charge on any atom is 0.276 e. The van der Waals surface area contributed by atoms with Gasteiger partial charge in [-0.1, -0.05) is 32.4 Å². The van der Waals surface area contributed by atoms with E-state index in [1.165, 1.54) is 25.7 Å². The van der Waals surface area contributed by atoms with Gasteiger partial charge in [0.1, 0.15) is 0 Å². The predicted molar refractivity (Wildman–Crippen MR) is 97.5 cm³/mol. The van der Waals surface area contributed by atoms with Crippen molar-refractivity contribution in [2.75, 3.05) is 0 Å². The molecule has 5 heteroatoms. The molecule has 0 saturated heterocycles. The van der Waals surface area contributed by atoms with Crippen LogP contribution in [0.15, 0.2) is 34.3 Å². The van der Waals surface area contributed by atoms with E-state index in [4.69, 9.17) is 0 Å². The van der Waals surface area contributed by atoms with Crippen molar-refractivity contribution in [3.8, 4) is 0 Å². The molecule has 4 nitrogen and oxygen atoms in total. The predicted octanol–water partition coefficient (Wildman–Crippen LogP) is 4.29. The number of fused-ring (bicyclic) bond motifs is 2. The highest BCUT2D eigenvalue weighted by Gasteiger charge is 2.40. The highest BCUT2D eigenvalue weighted by Crippen LogP contribution is 2.48. The van der Waals surface area contributed by atoms with E-state index in [9.17, 15) is 8.42 Å². The summed E-state index contributed by atoms with van der Waals surface area (Å²) >= 11 is 0. The molecule has 0 unspecified atom stereocenters. The van der Waals surface area contributed by atoms with E-state index in [0.29, 0.717) is 17.8 Å². The van der Waals surface area contributed by atoms with Crippen molar-refractivity contribution in [2.45, 2.75) is 63.7 Å². The molecule has 0 radical (unpaired) electrons. The van der Waals surface area contributed by atoms with E-state index in [1.54, 1.807) is 12.1 Å². The highest BCUT2D eigenvalue weighted by molar-refractivity contribution is 7.89. The Bertz CT molecular complexity index is 709. The molecule has 2 aliphatic carbocycles. The fraction of sp³-hybridized carbons (Fsp3) is 0.632. The quantitative estimate of drug-likeness (QED) is 0.616. The minimum atomic E-state index is -3.58. The summed E-state index contributed by atoms with van der Waals surface area (Å²) in [6, 6.07) is 7.14. The first-order valence-corrected chi connectivity index (χ1v) is 10.5. The van der Waals surface area contributed by atoms with Crippen molar-refractivity contribution in [1.82, 2.24) is 4.83 Å². The normalized spacial score (nSPS) is 28.1. The Kier molecular flexibility index (Phi) is 5.00. The van der Waals surface area contributed by atoms with E-state index in [0.717, 1.165) is 23.6 Å². The number of hydrazone groups is 1. The Hall–Kier alpha value is -1.36. The first-order valence-electron chi connectivity index (χ1n) is 9.06. The highest BCUT2D eigenvalue weighted by atomic mass is 32.2. The Balaban J connectivity index is 1.68. The summed E-state index contributed by atoms with van der Waals surface area (Å²) in [5.74, 6) is 2.43. The zero-order chi connectivity index (χ0) is 17.3. The number of hydrogen-bond donors (Lipinski definition) is 1. The van der Waals surface area contributed by atoms with Gasteiger partial charge in [-0.2, -0.15) is 13.5 Å². The van der Waals surface area contributed by atoms with Crippen LogP contribution in [-0.4, -0.2) is 14.1 Å². The molecule has 0 aliphatic heterocycles. The van der Waals surface area contributed by atoms with Crippen molar-refractivity contribution < 1.29 is 8.42 Å². The minimum absolute atomic E-state index is 0.277. The molecule has 0 heterocycles. The van der Waals surface area contributed by atoms with Gasteiger partial charge in [-0.15, -0.1) is 0 Å². The van der Waals surface area contributed by atoms with Crippen LogP contribution in [0.25, 0.3) is 0 Å². The van der Waals surface area contributed by atoms with Crippen molar-refractivity contribution in [1.29, 1.82) is 0 Å². The number of nitrogens with one attached hydrogen (secondary N) is 1. The molecule has 4 atom stereocenters. The number of rotatable bonds is 6. The Morgan fingerprint density at radius 3 is 2.50 bits per heavy atom. The van der Waals surface area contributed by atoms with E-state index >= 15 is 0 Å². The van der Waals surface area contributed by atoms with Gasteiger partial charge in [0.05, 0.1) is 4.90 Å². The smallest absolute Gasteiger partial charge is 0.200 e. The molecule has 1 aromatic carbocycles. The summed E-state index contributed by atoms with van der Waals surface area (Å²) in [4.78, 5) is 2.71. The first-order chi connectivity index (χ1) is 11.4. The van der Waals surface area contributed by atoms with Gasteiger partial charge in [0.15, 0.2) is 0 Å². The molecule has 2 saturated carbocycles. The molecule has 132 valence electrons. The summed E-state index contributed by atoms with van der Waals surface area (Å²) < 4.78 is 24.9. The van der Waals surface area contributed by atoms with Crippen molar-refractivity contribution in [2.24, 2.45) is 22.9 Å². The first kappa shape index (κ1) is 17.5. The standard InChI is InChI=1S/C19H28N2O2S/c1-4-13(2)16-7-9-18(10-8-16)24(22,23)21-20-14(3)19-12-15-5-6-17(19)11-15/h7-10,13,15,17,19,21H,4-6,11-12H2,1-3H3/b20-14+/t13-,15+,17+,19-/m1/s1. The molecule has 2 bridgehead atoms. The van der Waals surface area contributed by atoms with Crippen LogP contribution in [0.1, 0.15) is 64.4 Å². The SMILES string of the molecule is CC[C@@H](C)c1ccc(S(=O)(=O)N/N=C(\C)[C@H]2C[C@H]3CC[C@H]2C3)cc1. The monoisotopic (exact) mass is 348 g/mol. The van der Waals surface area contributed by atoms with E-state index in [-0.39, 0.29) is 4.90 Å². The Labute approximate surface area is 145 Å². The number of hydrogen-bond acceptors (Lipinski definition) is 3. The lowest BCUT2D eigenvalue weighted by molar-refractivity contribution is 0.413. The van der Waals surface area contributed by atoms with E-state index < -0.39 is 10.0 Å². The minimum Gasteiger partial charge on any atom is -0.200 e. The summed E-state index contributed by atoms with van der Waals surface area (Å²) in [6.07, 6.45) is 6.11. The van der Waals surface area contributed by atoms with Gasteiger partial charge in [0.25, 0.3) is 10.0 Å². The third-order valence-electron chi connectivity index (χ3n) is 5.99. The number of benzene rings is 1. The van der Waals surface area contributed by atoms with Crippen molar-refractivity contribution in [3.63, 3.8) is 0 Å². The largest absolute Gasteiger partial charge is 0.276 e. The van der Waals surface area contributed by atoms with Crippen LogP contribution in [0.4, 0.5) is 0 Å². The van der Waals surface area contributed by atoms with Gasteiger partial charge >= 0.3 is 0 Å². The maximum atomic E-state index is 12.4. The van der Waals surface area contributed by atoms with Crippen molar-refractivity contribution >= 4 is 15.7 Å². The van der Waals surface area contributed by atoms with Gasteiger partial charge < -0.3 is 0 Å². The van der Waals surface area contributed by atoms with Crippen LogP contribution < -0.4 is 4.83 Å². The summed E-state index contributed by atoms with van der Waals surface area (Å²) in [5.41, 5.74) is 2.10. The molecule has 1 aromatic rings. The molecular formula is C19H28N2O2S. The van der Waals surface area contributed by atoms with Gasteiger partial charge in [0.2, 0.25) is 0 Å². The van der Waals surface area contributed by atoms with Gasteiger partial charge in [-0.3, -0.25) is 0 Å². The summed E-state index contributed by atoms with van der Waals surface area (Å²) in [5, 5.41) is 4.23. The Morgan fingerprint density at radius 1 is 1.25 bits per heavy atom. The molecule has 0 aromatic heterocycles. The zero-order valence-corrected chi connectivity index (χ0v) is 15.6. The maximum absolute atomic E-state index is 12.4. The zero-order valence-electron chi connectivity index (χ0n) is 14.8. The van der Waals surface area contributed by atoms with E-state index in [1.807, 2.05) is 19.1 Å². The second-order valence-corrected chi connectivity index (χ2v) is 9.17. The molecule has 0 amide bonds. The van der Waals surface area contributed by atoms with Crippen LogP contribution in [0.5, 0.6) is 0 Å². The lowest BCUT2D eigenvalue weighted by atomic mass is 9.86. The fourth-order valence-corrected chi connectivity index (χ4v) is 5.10. The lowest BCUT2D eigenvalue weighted by Gasteiger charge is -2.21. The molecule has 2 aliphatic rings. The molecule has 24 heavy (non-hydrogen) atoms. The molecule has 1 N–H and O–H groups in total. The molecule has 3 rings (SSSR count). The molecular weight excluding hydrogens is 320 g/mol. The van der Waals surface area contributed by atoms with Crippen LogP contribution in [0, 0.1) is 17.8 Å². The van der Waals surface area contributed by atoms with Crippen LogP contribution in [0.2, 0.25) is 0 Å². The number of sulfonamides is 1. The fourth-order valence-electron chi connectivity index (χ4n) is 4.24. The lowest BCUT2D eigenvalue weighted by Crippen LogP contribution is -2.24. The van der Waals surface area contributed by atoms with Gasteiger partial charge in [-0.05, 0) is 68.1 Å². The second-order valence-electron chi connectivity index (χ2n) is 7.51. The van der Waals surface area contributed by atoms with Gasteiger partial charge in [-0.25, -0.2) is 4.83 Å². The van der Waals surface area contributed by atoms with Gasteiger partial charge in [0, 0.05) is 11.6 Å². The third-order valence-corrected chi connectivity index (χ3v) is 7.21. The average molecular weight is 349 g/mol. The van der Waals surface area contributed by atoms with Crippen molar-refractivity contribution in [3.05, 3.63) is 29.8 Å². The average Bonchev–Trinajstić information content (AvgIpc) is 3.22. The van der Waals surface area contributed by atoms with Crippen LogP contribution in [-0.2, 0) is 10.0 Å². The third kappa shape index (κ3) is 3.51. The van der Waals surface area contributed by atoms with Crippen LogP contribution >= 0.6 is 0 Å². The van der Waals surface area contributed by atoms with E-state index in [2.05, 4.69) is 23.8 Å². The second kappa shape index (κ2) is 6.87. The topological polar surface area (TPSA) is 58.5 Å². The molecule has 2 fully saturated rings. The molecule has 0 spiro atoms. The van der Waals surface area contributed by atoms with Crippen LogP contribution in [0.3, 0.4) is 0 Å². The summed E-state index contributed by atoms with van der Waals surface area (Å²) in [6.45, 7) is 6.23. The summed E-state index contributed by atoms with van der Waals surface area (Å²) in [7, 11) is -3.58.